The number of amides is 1. The van der Waals surface area contributed by atoms with Crippen LogP contribution in [0, 0.1) is 5.92 Å². The quantitative estimate of drug-likeness (QED) is 0.765. The first-order chi connectivity index (χ1) is 12.8. The molecule has 1 aliphatic rings. The predicted octanol–water partition coefficient (Wildman–Crippen LogP) is 3.03. The minimum atomic E-state index is -3.27. The Kier molecular flexibility index (Phi) is 6.23. The Labute approximate surface area is 163 Å². The minimum absolute atomic E-state index is 0.0732. The van der Waals surface area contributed by atoms with Crippen LogP contribution < -0.4 is 10.0 Å². The normalized spacial score (nSPS) is 20.6. The van der Waals surface area contributed by atoms with E-state index in [2.05, 4.69) is 20.2 Å². The van der Waals surface area contributed by atoms with E-state index in [1.807, 2.05) is 30.3 Å². The summed E-state index contributed by atoms with van der Waals surface area (Å²) >= 11 is 1.34. The lowest BCUT2D eigenvalue weighted by molar-refractivity contribution is -0.120. The molecule has 3 rings (SSSR count). The lowest BCUT2D eigenvalue weighted by Crippen LogP contribution is -2.42. The monoisotopic (exact) mass is 408 g/mol. The van der Waals surface area contributed by atoms with Crippen LogP contribution in [-0.4, -0.2) is 35.8 Å². The fraction of sp³-hybridized carbons (Fsp3) is 0.500. The molecule has 1 heterocycles. The Hall–Kier alpha value is -1.84. The molecule has 1 aliphatic carbocycles. The summed E-state index contributed by atoms with van der Waals surface area (Å²) < 4.78 is 26.7. The number of nitrogens with one attached hydrogen (secondary N) is 2. The first-order valence-corrected chi connectivity index (χ1v) is 11.4. The summed E-state index contributed by atoms with van der Waals surface area (Å²) in [7, 11) is -3.27. The highest BCUT2D eigenvalue weighted by Gasteiger charge is 2.29. The van der Waals surface area contributed by atoms with Crippen molar-refractivity contribution in [3.63, 3.8) is 0 Å². The molecule has 1 amide bonds. The molecule has 1 saturated carbocycles. The zero-order valence-electron chi connectivity index (χ0n) is 15.4. The molecular weight excluding hydrogens is 384 g/mol. The van der Waals surface area contributed by atoms with Gasteiger partial charge in [0.15, 0.2) is 0 Å². The highest BCUT2D eigenvalue weighted by Crippen LogP contribution is 2.29. The topological polar surface area (TPSA) is 101 Å². The van der Waals surface area contributed by atoms with E-state index in [4.69, 9.17) is 0 Å². The fourth-order valence-corrected chi connectivity index (χ4v) is 4.74. The summed E-state index contributed by atoms with van der Waals surface area (Å²) in [5.74, 6) is -0.204. The summed E-state index contributed by atoms with van der Waals surface area (Å²) in [5, 5.41) is 11.8. The maximum Gasteiger partial charge on any atom is 0.229 e. The molecule has 7 nitrogen and oxygen atoms in total. The van der Waals surface area contributed by atoms with Crippen LogP contribution in [0.1, 0.15) is 39.5 Å². The van der Waals surface area contributed by atoms with Crippen LogP contribution in [0.25, 0.3) is 10.6 Å². The molecule has 9 heteroatoms. The maximum absolute atomic E-state index is 12.5. The Balaban J connectivity index is 1.52. The zero-order chi connectivity index (χ0) is 19.4. The molecule has 0 unspecified atom stereocenters. The van der Waals surface area contributed by atoms with Gasteiger partial charge in [-0.15, -0.1) is 10.2 Å². The number of carbonyl (C=O) groups is 1. The Morgan fingerprint density at radius 2 is 1.78 bits per heavy atom. The van der Waals surface area contributed by atoms with Gasteiger partial charge in [-0.25, -0.2) is 13.1 Å². The number of rotatable bonds is 6. The number of anilines is 1. The van der Waals surface area contributed by atoms with E-state index in [0.717, 1.165) is 10.6 Å². The van der Waals surface area contributed by atoms with Crippen molar-refractivity contribution in [2.75, 3.05) is 5.32 Å². The summed E-state index contributed by atoms with van der Waals surface area (Å²) in [6, 6.07) is 9.61. The van der Waals surface area contributed by atoms with Gasteiger partial charge in [0.25, 0.3) is 0 Å². The molecule has 1 aromatic carbocycles. The first-order valence-electron chi connectivity index (χ1n) is 9.06. The average Bonchev–Trinajstić information content (AvgIpc) is 3.11. The van der Waals surface area contributed by atoms with Gasteiger partial charge in [-0.3, -0.25) is 4.79 Å². The SMILES string of the molecule is CC(C)S(=O)(=O)NC1CCC(C(=O)Nc2nnc(-c3ccccc3)s2)CC1. The van der Waals surface area contributed by atoms with Gasteiger partial charge >= 0.3 is 0 Å². The molecule has 1 fully saturated rings. The third-order valence-electron chi connectivity index (χ3n) is 4.73. The van der Waals surface area contributed by atoms with E-state index in [-0.39, 0.29) is 17.9 Å². The van der Waals surface area contributed by atoms with Crippen LogP contribution >= 0.6 is 11.3 Å². The van der Waals surface area contributed by atoms with Gasteiger partial charge in [0, 0.05) is 17.5 Å². The van der Waals surface area contributed by atoms with Crippen molar-refractivity contribution >= 4 is 32.4 Å². The van der Waals surface area contributed by atoms with Crippen molar-refractivity contribution in [2.45, 2.75) is 50.8 Å². The van der Waals surface area contributed by atoms with Crippen molar-refractivity contribution in [1.82, 2.24) is 14.9 Å². The van der Waals surface area contributed by atoms with Crippen LogP contribution in [0.4, 0.5) is 5.13 Å². The molecule has 146 valence electrons. The summed E-state index contributed by atoms with van der Waals surface area (Å²) in [4.78, 5) is 12.5. The van der Waals surface area contributed by atoms with Crippen LogP contribution in [0.15, 0.2) is 30.3 Å². The molecule has 2 N–H and O–H groups in total. The number of hydrogen-bond donors (Lipinski definition) is 2. The lowest BCUT2D eigenvalue weighted by Gasteiger charge is -2.28. The largest absolute Gasteiger partial charge is 0.300 e. The second kappa shape index (κ2) is 8.45. The van der Waals surface area contributed by atoms with Gasteiger partial charge in [-0.1, -0.05) is 41.7 Å². The van der Waals surface area contributed by atoms with E-state index < -0.39 is 15.3 Å². The van der Waals surface area contributed by atoms with Crippen molar-refractivity contribution in [1.29, 1.82) is 0 Å². The average molecular weight is 409 g/mol. The number of aromatic nitrogens is 2. The summed E-state index contributed by atoms with van der Waals surface area (Å²) in [5.41, 5.74) is 0.966. The van der Waals surface area contributed by atoms with Crippen molar-refractivity contribution in [3.8, 4) is 10.6 Å². The van der Waals surface area contributed by atoms with Crippen molar-refractivity contribution in [3.05, 3.63) is 30.3 Å². The van der Waals surface area contributed by atoms with Crippen LogP contribution in [0.5, 0.6) is 0 Å². The molecule has 0 atom stereocenters. The fourth-order valence-electron chi connectivity index (χ4n) is 3.02. The highest BCUT2D eigenvalue weighted by atomic mass is 32.2. The van der Waals surface area contributed by atoms with Gasteiger partial charge in [-0.05, 0) is 39.5 Å². The van der Waals surface area contributed by atoms with Crippen LogP contribution in [-0.2, 0) is 14.8 Å². The standard InChI is InChI=1S/C18H24N4O3S2/c1-12(2)27(24,25)22-15-10-8-13(9-11-15)16(23)19-18-21-20-17(26-18)14-6-4-3-5-7-14/h3-7,12-13,15,22H,8-11H2,1-2H3,(H,19,21,23). The van der Waals surface area contributed by atoms with Gasteiger partial charge in [0.2, 0.25) is 21.1 Å². The predicted molar refractivity (Wildman–Crippen MR) is 107 cm³/mol. The summed E-state index contributed by atoms with van der Waals surface area (Å²) in [6.07, 6.45) is 2.63. The highest BCUT2D eigenvalue weighted by molar-refractivity contribution is 7.90. The molecule has 2 aromatic rings. The molecule has 0 spiro atoms. The van der Waals surface area contributed by atoms with Gasteiger partial charge < -0.3 is 5.32 Å². The Bertz CT molecular complexity index is 873. The van der Waals surface area contributed by atoms with Crippen LogP contribution in [0.2, 0.25) is 0 Å². The Morgan fingerprint density at radius 1 is 1.11 bits per heavy atom. The number of sulfonamides is 1. The van der Waals surface area contributed by atoms with Crippen molar-refractivity contribution in [2.24, 2.45) is 5.92 Å². The summed E-state index contributed by atoms with van der Waals surface area (Å²) in [6.45, 7) is 3.32. The smallest absolute Gasteiger partial charge is 0.229 e. The van der Waals surface area contributed by atoms with Gasteiger partial charge in [0.1, 0.15) is 5.01 Å². The third kappa shape index (κ3) is 5.12. The van der Waals surface area contributed by atoms with Crippen LogP contribution in [0.3, 0.4) is 0 Å². The zero-order valence-corrected chi connectivity index (χ0v) is 17.0. The number of carbonyl (C=O) groups excluding carboxylic acids is 1. The second-order valence-corrected chi connectivity index (χ2v) is 10.3. The number of nitrogens with zero attached hydrogens (tertiary/aromatic N) is 2. The Morgan fingerprint density at radius 3 is 2.41 bits per heavy atom. The number of hydrogen-bond acceptors (Lipinski definition) is 6. The van der Waals surface area contributed by atoms with E-state index in [9.17, 15) is 13.2 Å². The molecule has 0 bridgehead atoms. The van der Waals surface area contributed by atoms with Crippen molar-refractivity contribution < 1.29 is 13.2 Å². The maximum atomic E-state index is 12.5. The number of benzene rings is 1. The van der Waals surface area contributed by atoms with E-state index in [1.54, 1.807) is 13.8 Å². The molecule has 0 radical (unpaired) electrons. The molecule has 1 aromatic heterocycles. The van der Waals surface area contributed by atoms with E-state index in [1.165, 1.54) is 11.3 Å². The van der Waals surface area contributed by atoms with E-state index >= 15 is 0 Å². The molecule has 0 saturated heterocycles. The second-order valence-electron chi connectivity index (χ2n) is 7.03. The minimum Gasteiger partial charge on any atom is -0.300 e. The molecular formula is C18H24N4O3S2. The van der Waals surface area contributed by atoms with Gasteiger partial charge in [0.05, 0.1) is 5.25 Å². The third-order valence-corrected chi connectivity index (χ3v) is 7.52. The molecule has 27 heavy (non-hydrogen) atoms. The lowest BCUT2D eigenvalue weighted by atomic mass is 9.86. The first kappa shape index (κ1) is 19.9. The molecule has 0 aliphatic heterocycles. The van der Waals surface area contributed by atoms with E-state index in [0.29, 0.717) is 30.8 Å². The van der Waals surface area contributed by atoms with Gasteiger partial charge in [-0.2, -0.15) is 0 Å².